The Morgan fingerprint density at radius 1 is 1.35 bits per heavy atom. The average molecular weight is 341 g/mol. The zero-order valence-electron chi connectivity index (χ0n) is 12.9. The predicted octanol–water partition coefficient (Wildman–Crippen LogP) is -0.818. The fourth-order valence-corrected chi connectivity index (χ4v) is 3.16. The molecule has 0 aliphatic carbocycles. The van der Waals surface area contributed by atoms with Gasteiger partial charge in [0, 0.05) is 32.7 Å². The Morgan fingerprint density at radius 2 is 2.00 bits per heavy atom. The Kier molecular flexibility index (Phi) is 5.34. The van der Waals surface area contributed by atoms with Crippen molar-refractivity contribution in [3.8, 4) is 0 Å². The zero-order chi connectivity index (χ0) is 17.0. The third kappa shape index (κ3) is 4.27. The monoisotopic (exact) mass is 341 g/mol. The first kappa shape index (κ1) is 17.4. The highest BCUT2D eigenvalue weighted by Crippen LogP contribution is 2.11. The molecule has 8 nitrogen and oxygen atoms in total. The summed E-state index contributed by atoms with van der Waals surface area (Å²) in [4.78, 5) is 24.3. The number of hydrogen-bond acceptors (Lipinski definition) is 5. The van der Waals surface area contributed by atoms with E-state index in [0.717, 1.165) is 0 Å². The Hall–Kier alpha value is -1.97. The van der Waals surface area contributed by atoms with Gasteiger partial charge in [0.05, 0.1) is 11.0 Å². The van der Waals surface area contributed by atoms with Crippen LogP contribution in [0.2, 0.25) is 0 Å². The Labute approximate surface area is 134 Å². The van der Waals surface area contributed by atoms with E-state index in [-0.39, 0.29) is 29.9 Å². The molecule has 0 aromatic heterocycles. The summed E-state index contributed by atoms with van der Waals surface area (Å²) in [6.07, 6.45) is -0.391. The van der Waals surface area contributed by atoms with Crippen LogP contribution in [-0.2, 0) is 19.6 Å². The predicted molar refractivity (Wildman–Crippen MR) is 82.4 cm³/mol. The first-order valence-corrected chi connectivity index (χ1v) is 8.49. The normalized spacial score (nSPS) is 18.8. The lowest BCUT2D eigenvalue weighted by molar-refractivity contribution is -0.146. The van der Waals surface area contributed by atoms with Gasteiger partial charge < -0.3 is 15.0 Å². The number of nitrogens with zero attached hydrogens (tertiary/aromatic N) is 1. The average Bonchev–Trinajstić information content (AvgIpc) is 2.55. The van der Waals surface area contributed by atoms with Gasteiger partial charge in [0.2, 0.25) is 15.9 Å². The number of rotatable bonds is 5. The molecule has 1 aliphatic heterocycles. The Bertz CT molecular complexity index is 687. The Morgan fingerprint density at radius 3 is 2.57 bits per heavy atom. The number of sulfonamides is 1. The van der Waals surface area contributed by atoms with Crippen LogP contribution >= 0.6 is 0 Å². The molecule has 2 N–H and O–H groups in total. The third-order valence-corrected chi connectivity index (χ3v) is 4.94. The second-order valence-electron chi connectivity index (χ2n) is 5.16. The van der Waals surface area contributed by atoms with E-state index in [4.69, 9.17) is 4.74 Å². The molecule has 1 atom stereocenters. The van der Waals surface area contributed by atoms with Crippen molar-refractivity contribution in [1.29, 1.82) is 0 Å². The van der Waals surface area contributed by atoms with Gasteiger partial charge in [-0.25, -0.2) is 13.1 Å². The van der Waals surface area contributed by atoms with Crippen LogP contribution in [0.5, 0.6) is 0 Å². The molecule has 1 aliphatic rings. The summed E-state index contributed by atoms with van der Waals surface area (Å²) >= 11 is 0. The molecular weight excluding hydrogens is 322 g/mol. The summed E-state index contributed by atoms with van der Waals surface area (Å²) in [5.41, 5.74) is 0.377. The van der Waals surface area contributed by atoms with E-state index in [2.05, 4.69) is 10.0 Å². The van der Waals surface area contributed by atoms with Gasteiger partial charge in [-0.15, -0.1) is 0 Å². The molecule has 23 heavy (non-hydrogen) atoms. The maximum Gasteiger partial charge on any atom is 0.251 e. The SMILES string of the molecule is CNC(=O)c1ccc(S(=O)(=O)NCC2CN(C)C(=O)CO2)cc1. The number of amides is 2. The van der Waals surface area contributed by atoms with Gasteiger partial charge in [0.1, 0.15) is 6.61 Å². The van der Waals surface area contributed by atoms with Gasteiger partial charge in [-0.2, -0.15) is 0 Å². The number of likely N-dealkylation sites (N-methyl/N-ethyl adjacent to an activating group) is 1. The van der Waals surface area contributed by atoms with E-state index >= 15 is 0 Å². The quantitative estimate of drug-likeness (QED) is 0.728. The van der Waals surface area contributed by atoms with Gasteiger partial charge in [-0.1, -0.05) is 0 Å². The number of nitrogens with one attached hydrogen (secondary N) is 2. The van der Waals surface area contributed by atoms with Crippen molar-refractivity contribution in [2.75, 3.05) is 33.8 Å². The van der Waals surface area contributed by atoms with Crippen LogP contribution in [0.4, 0.5) is 0 Å². The van der Waals surface area contributed by atoms with Crippen molar-refractivity contribution in [3.63, 3.8) is 0 Å². The van der Waals surface area contributed by atoms with Crippen LogP contribution in [0.1, 0.15) is 10.4 Å². The van der Waals surface area contributed by atoms with Crippen molar-refractivity contribution < 1.29 is 22.7 Å². The second kappa shape index (κ2) is 7.07. The largest absolute Gasteiger partial charge is 0.365 e. The van der Waals surface area contributed by atoms with Crippen LogP contribution in [0.3, 0.4) is 0 Å². The van der Waals surface area contributed by atoms with Crippen molar-refractivity contribution in [3.05, 3.63) is 29.8 Å². The van der Waals surface area contributed by atoms with Crippen molar-refractivity contribution in [2.24, 2.45) is 0 Å². The molecule has 0 spiro atoms. The minimum Gasteiger partial charge on any atom is -0.365 e. The van der Waals surface area contributed by atoms with Crippen LogP contribution in [0.15, 0.2) is 29.2 Å². The van der Waals surface area contributed by atoms with Crippen molar-refractivity contribution >= 4 is 21.8 Å². The lowest BCUT2D eigenvalue weighted by Gasteiger charge is -2.29. The van der Waals surface area contributed by atoms with E-state index in [1.807, 2.05) is 0 Å². The van der Waals surface area contributed by atoms with Gasteiger partial charge in [-0.3, -0.25) is 9.59 Å². The van der Waals surface area contributed by atoms with Crippen LogP contribution in [-0.4, -0.2) is 65.0 Å². The highest BCUT2D eigenvalue weighted by atomic mass is 32.2. The van der Waals surface area contributed by atoms with Crippen LogP contribution in [0, 0.1) is 0 Å². The number of benzene rings is 1. The molecule has 2 amide bonds. The molecule has 2 rings (SSSR count). The van der Waals surface area contributed by atoms with Crippen molar-refractivity contribution in [2.45, 2.75) is 11.0 Å². The van der Waals surface area contributed by atoms with E-state index in [9.17, 15) is 18.0 Å². The lowest BCUT2D eigenvalue weighted by atomic mass is 10.2. The van der Waals surface area contributed by atoms with E-state index in [1.54, 1.807) is 7.05 Å². The molecular formula is C14H19N3O5S. The zero-order valence-corrected chi connectivity index (χ0v) is 13.7. The molecule has 1 fully saturated rings. The van der Waals surface area contributed by atoms with E-state index < -0.39 is 16.1 Å². The summed E-state index contributed by atoms with van der Waals surface area (Å²) < 4.78 is 32.2. The smallest absolute Gasteiger partial charge is 0.251 e. The molecule has 1 unspecified atom stereocenters. The standard InChI is InChI=1S/C14H19N3O5S/c1-15-14(19)10-3-5-12(6-4-10)23(20,21)16-7-11-8-17(2)13(18)9-22-11/h3-6,11,16H,7-9H2,1-2H3,(H,15,19). The van der Waals surface area contributed by atoms with Gasteiger partial charge >= 0.3 is 0 Å². The molecule has 1 heterocycles. The van der Waals surface area contributed by atoms with Crippen LogP contribution < -0.4 is 10.0 Å². The number of morpholine rings is 1. The maximum absolute atomic E-state index is 12.2. The molecule has 9 heteroatoms. The molecule has 1 aromatic carbocycles. The van der Waals surface area contributed by atoms with Gasteiger partial charge in [-0.05, 0) is 24.3 Å². The molecule has 0 radical (unpaired) electrons. The highest BCUT2D eigenvalue weighted by Gasteiger charge is 2.25. The summed E-state index contributed by atoms with van der Waals surface area (Å²) in [5.74, 6) is -0.417. The molecule has 0 bridgehead atoms. The fourth-order valence-electron chi connectivity index (χ4n) is 2.10. The summed E-state index contributed by atoms with van der Waals surface area (Å²) in [7, 11) is -0.562. The number of carbonyl (C=O) groups excluding carboxylic acids is 2. The summed E-state index contributed by atoms with van der Waals surface area (Å²) in [6.45, 7) is 0.345. The molecule has 1 aromatic rings. The minimum atomic E-state index is -3.71. The van der Waals surface area contributed by atoms with Crippen molar-refractivity contribution in [1.82, 2.24) is 14.9 Å². The first-order valence-electron chi connectivity index (χ1n) is 7.01. The summed E-state index contributed by atoms with van der Waals surface area (Å²) in [6, 6.07) is 5.61. The lowest BCUT2D eigenvalue weighted by Crippen LogP contribution is -2.48. The van der Waals surface area contributed by atoms with Crippen LogP contribution in [0.25, 0.3) is 0 Å². The van der Waals surface area contributed by atoms with E-state index in [1.165, 1.54) is 36.2 Å². The van der Waals surface area contributed by atoms with Gasteiger partial charge in [0.15, 0.2) is 0 Å². The third-order valence-electron chi connectivity index (χ3n) is 3.50. The molecule has 1 saturated heterocycles. The first-order chi connectivity index (χ1) is 10.8. The fraction of sp³-hybridized carbons (Fsp3) is 0.429. The molecule has 126 valence electrons. The number of carbonyl (C=O) groups is 2. The minimum absolute atomic E-state index is 0.0519. The topological polar surface area (TPSA) is 105 Å². The summed E-state index contributed by atoms with van der Waals surface area (Å²) in [5, 5.41) is 2.46. The Balaban J connectivity index is 1.99. The van der Waals surface area contributed by atoms with E-state index in [0.29, 0.717) is 12.1 Å². The maximum atomic E-state index is 12.2. The number of ether oxygens (including phenoxy) is 1. The number of hydrogen-bond donors (Lipinski definition) is 2. The second-order valence-corrected chi connectivity index (χ2v) is 6.93. The molecule has 0 saturated carbocycles. The van der Waals surface area contributed by atoms with Gasteiger partial charge in [0.25, 0.3) is 5.91 Å². The highest BCUT2D eigenvalue weighted by molar-refractivity contribution is 7.89.